The van der Waals surface area contributed by atoms with E-state index >= 15 is 0 Å². The maximum Gasteiger partial charge on any atom is 0.228 e. The quantitative estimate of drug-likeness (QED) is 0.594. The molecule has 0 aromatic carbocycles. The Labute approximate surface area is 140 Å². The highest BCUT2D eigenvalue weighted by molar-refractivity contribution is 5.79. The SMILES string of the molecule is Cc1nn(CCCNC(=O)C2CNNC2n2cnnn2)c(C)c1C. The number of amides is 1. The van der Waals surface area contributed by atoms with Gasteiger partial charge in [0.25, 0.3) is 0 Å². The van der Waals surface area contributed by atoms with E-state index < -0.39 is 0 Å². The highest BCUT2D eigenvalue weighted by atomic mass is 16.2. The lowest BCUT2D eigenvalue weighted by Crippen LogP contribution is -2.38. The van der Waals surface area contributed by atoms with Crippen LogP contribution in [0.1, 0.15) is 29.5 Å². The van der Waals surface area contributed by atoms with Crippen LogP contribution in [-0.4, -0.2) is 49.0 Å². The van der Waals surface area contributed by atoms with Crippen LogP contribution >= 0.6 is 0 Å². The zero-order chi connectivity index (χ0) is 17.1. The summed E-state index contributed by atoms with van der Waals surface area (Å²) in [4.78, 5) is 12.4. The zero-order valence-electron chi connectivity index (χ0n) is 14.2. The number of aromatic nitrogens is 6. The molecule has 0 radical (unpaired) electrons. The molecule has 0 spiro atoms. The fourth-order valence-corrected chi connectivity index (χ4v) is 2.84. The second-order valence-electron chi connectivity index (χ2n) is 6.03. The number of nitrogens with zero attached hydrogens (tertiary/aromatic N) is 6. The van der Waals surface area contributed by atoms with Crippen molar-refractivity contribution in [2.24, 2.45) is 5.92 Å². The summed E-state index contributed by atoms with van der Waals surface area (Å²) in [5.41, 5.74) is 9.47. The van der Waals surface area contributed by atoms with Crippen LogP contribution in [0.5, 0.6) is 0 Å². The molecule has 3 heterocycles. The maximum atomic E-state index is 12.4. The van der Waals surface area contributed by atoms with Gasteiger partial charge in [0.2, 0.25) is 5.91 Å². The first-order valence-electron chi connectivity index (χ1n) is 8.07. The van der Waals surface area contributed by atoms with Gasteiger partial charge in [-0.25, -0.2) is 10.1 Å². The number of tetrazole rings is 1. The molecule has 1 amide bonds. The summed E-state index contributed by atoms with van der Waals surface area (Å²) in [6, 6.07) is 0. The van der Waals surface area contributed by atoms with E-state index in [9.17, 15) is 4.79 Å². The minimum atomic E-state index is -0.279. The van der Waals surface area contributed by atoms with Gasteiger partial charge in [-0.05, 0) is 43.2 Å². The smallest absolute Gasteiger partial charge is 0.228 e. The van der Waals surface area contributed by atoms with Crippen LogP contribution in [0.25, 0.3) is 0 Å². The molecule has 2 aromatic heterocycles. The molecule has 1 aliphatic rings. The van der Waals surface area contributed by atoms with Crippen LogP contribution in [0.3, 0.4) is 0 Å². The topological polar surface area (TPSA) is 115 Å². The summed E-state index contributed by atoms with van der Waals surface area (Å²) in [7, 11) is 0. The van der Waals surface area contributed by atoms with Crippen molar-refractivity contribution < 1.29 is 4.79 Å². The Bertz CT molecular complexity index is 693. The molecule has 1 saturated heterocycles. The third-order valence-electron chi connectivity index (χ3n) is 4.53. The lowest BCUT2D eigenvalue weighted by molar-refractivity contribution is -0.125. The van der Waals surface area contributed by atoms with Gasteiger partial charge in [0.1, 0.15) is 12.5 Å². The van der Waals surface area contributed by atoms with Crippen molar-refractivity contribution in [3.8, 4) is 0 Å². The number of hydrogen-bond acceptors (Lipinski definition) is 7. The summed E-state index contributed by atoms with van der Waals surface area (Å²) in [6.45, 7) is 8.09. The molecule has 130 valence electrons. The van der Waals surface area contributed by atoms with Gasteiger partial charge in [-0.15, -0.1) is 5.10 Å². The average Bonchev–Trinajstić information content (AvgIpc) is 3.29. The van der Waals surface area contributed by atoms with Gasteiger partial charge < -0.3 is 5.32 Å². The largest absolute Gasteiger partial charge is 0.356 e. The van der Waals surface area contributed by atoms with Gasteiger partial charge in [0, 0.05) is 25.3 Å². The molecule has 24 heavy (non-hydrogen) atoms. The summed E-state index contributed by atoms with van der Waals surface area (Å²) in [6.07, 6.45) is 2.05. The van der Waals surface area contributed by atoms with Gasteiger partial charge in [-0.1, -0.05) is 0 Å². The van der Waals surface area contributed by atoms with E-state index in [0.29, 0.717) is 13.1 Å². The predicted molar refractivity (Wildman–Crippen MR) is 85.5 cm³/mol. The molecule has 3 rings (SSSR count). The normalized spacial score (nSPS) is 20.5. The minimum Gasteiger partial charge on any atom is -0.356 e. The van der Waals surface area contributed by atoms with Crippen LogP contribution in [-0.2, 0) is 11.3 Å². The number of rotatable bonds is 6. The Morgan fingerprint density at radius 1 is 1.42 bits per heavy atom. The Balaban J connectivity index is 1.48. The summed E-state index contributed by atoms with van der Waals surface area (Å²) in [5, 5.41) is 18.6. The van der Waals surface area contributed by atoms with Crippen molar-refractivity contribution in [3.05, 3.63) is 23.3 Å². The molecule has 0 aliphatic carbocycles. The second kappa shape index (κ2) is 7.05. The number of hydrazine groups is 1. The lowest BCUT2D eigenvalue weighted by Gasteiger charge is -2.17. The molecular weight excluding hydrogens is 310 g/mol. The molecule has 3 N–H and O–H groups in total. The second-order valence-corrected chi connectivity index (χ2v) is 6.03. The Hall–Kier alpha value is -2.33. The van der Waals surface area contributed by atoms with Crippen LogP contribution in [0.15, 0.2) is 6.33 Å². The predicted octanol–water partition coefficient (Wildman–Crippen LogP) is -0.776. The highest BCUT2D eigenvalue weighted by Gasteiger charge is 2.34. The third kappa shape index (κ3) is 3.29. The van der Waals surface area contributed by atoms with Gasteiger partial charge in [0.05, 0.1) is 11.6 Å². The molecule has 2 unspecified atom stereocenters. The molecule has 0 bridgehead atoms. The monoisotopic (exact) mass is 333 g/mol. The minimum absolute atomic E-state index is 0.0162. The van der Waals surface area contributed by atoms with Crippen molar-refractivity contribution in [3.63, 3.8) is 0 Å². The van der Waals surface area contributed by atoms with E-state index in [1.165, 1.54) is 17.6 Å². The molecular formula is C14H23N9O. The summed E-state index contributed by atoms with van der Waals surface area (Å²) in [5.74, 6) is -0.276. The van der Waals surface area contributed by atoms with Crippen molar-refractivity contribution >= 4 is 5.91 Å². The molecule has 10 heteroatoms. The van der Waals surface area contributed by atoms with Crippen LogP contribution < -0.4 is 16.2 Å². The van der Waals surface area contributed by atoms with Crippen LogP contribution in [0.2, 0.25) is 0 Å². The molecule has 0 saturated carbocycles. The van der Waals surface area contributed by atoms with Crippen molar-refractivity contribution in [2.75, 3.05) is 13.1 Å². The summed E-state index contributed by atoms with van der Waals surface area (Å²) >= 11 is 0. The van der Waals surface area contributed by atoms with Crippen molar-refractivity contribution in [1.82, 2.24) is 46.2 Å². The highest BCUT2D eigenvalue weighted by Crippen LogP contribution is 2.17. The van der Waals surface area contributed by atoms with Crippen molar-refractivity contribution in [1.29, 1.82) is 0 Å². The zero-order valence-corrected chi connectivity index (χ0v) is 14.2. The third-order valence-corrected chi connectivity index (χ3v) is 4.53. The standard InChI is InChI=1S/C14H23N9O/c1-9-10(2)19-22(11(9)3)6-4-5-15-14(24)12-7-16-18-13(12)23-8-17-20-21-23/h8,12-13,16,18H,4-7H2,1-3H3,(H,15,24). The number of carbonyl (C=O) groups is 1. The number of nitrogens with one attached hydrogen (secondary N) is 3. The van der Waals surface area contributed by atoms with Gasteiger partial charge in [-0.2, -0.15) is 5.10 Å². The molecule has 10 nitrogen and oxygen atoms in total. The molecule has 1 aliphatic heterocycles. The first kappa shape index (κ1) is 16.5. The molecule has 2 aromatic rings. The Morgan fingerprint density at radius 2 is 2.25 bits per heavy atom. The number of hydrogen-bond donors (Lipinski definition) is 3. The van der Waals surface area contributed by atoms with E-state index in [2.05, 4.69) is 50.6 Å². The van der Waals surface area contributed by atoms with E-state index in [4.69, 9.17) is 0 Å². The van der Waals surface area contributed by atoms with E-state index in [1.54, 1.807) is 4.68 Å². The Morgan fingerprint density at radius 3 is 2.92 bits per heavy atom. The van der Waals surface area contributed by atoms with Gasteiger partial charge in [0.15, 0.2) is 0 Å². The van der Waals surface area contributed by atoms with E-state index in [-0.39, 0.29) is 18.0 Å². The van der Waals surface area contributed by atoms with Crippen LogP contribution in [0.4, 0.5) is 0 Å². The first-order chi connectivity index (χ1) is 11.6. The summed E-state index contributed by atoms with van der Waals surface area (Å²) < 4.78 is 3.54. The number of carbonyl (C=O) groups excluding carboxylic acids is 1. The maximum absolute atomic E-state index is 12.4. The number of aryl methyl sites for hydroxylation is 2. The fraction of sp³-hybridized carbons (Fsp3) is 0.643. The van der Waals surface area contributed by atoms with Crippen LogP contribution in [0, 0.1) is 26.7 Å². The Kier molecular flexibility index (Phi) is 4.86. The fourth-order valence-electron chi connectivity index (χ4n) is 2.84. The molecule has 1 fully saturated rings. The molecule has 2 atom stereocenters. The lowest BCUT2D eigenvalue weighted by atomic mass is 10.1. The first-order valence-corrected chi connectivity index (χ1v) is 8.07. The van der Waals surface area contributed by atoms with Crippen molar-refractivity contribution in [2.45, 2.75) is 39.9 Å². The average molecular weight is 333 g/mol. The van der Waals surface area contributed by atoms with Gasteiger partial charge in [-0.3, -0.25) is 14.9 Å². The van der Waals surface area contributed by atoms with Gasteiger partial charge >= 0.3 is 0 Å². The van der Waals surface area contributed by atoms with E-state index in [0.717, 1.165) is 18.7 Å². The van der Waals surface area contributed by atoms with E-state index in [1.807, 2.05) is 11.6 Å².